The van der Waals surface area contributed by atoms with Crippen molar-refractivity contribution < 1.29 is 14.6 Å². The Morgan fingerprint density at radius 2 is 2.16 bits per heavy atom. The predicted octanol–water partition coefficient (Wildman–Crippen LogP) is 1.41. The number of amides is 1. The van der Waals surface area contributed by atoms with Gasteiger partial charge in [0.25, 0.3) is 0 Å². The zero-order chi connectivity index (χ0) is 14.1. The Hall–Kier alpha value is -1.59. The number of nitrogen functional groups attached to an aromatic ring is 1. The van der Waals surface area contributed by atoms with Crippen LogP contribution in [0, 0.1) is 0 Å². The first-order chi connectivity index (χ1) is 9.20. The number of nitrogens with zero attached hydrogens (tertiary/aromatic N) is 1. The van der Waals surface area contributed by atoms with Gasteiger partial charge in [-0.3, -0.25) is 4.79 Å². The van der Waals surface area contributed by atoms with Gasteiger partial charge in [0, 0.05) is 26.2 Å². The molecule has 5 nitrogen and oxygen atoms in total. The molecule has 106 valence electrons. The fourth-order valence-corrected chi connectivity index (χ4v) is 1.82. The Labute approximate surface area is 114 Å². The molecule has 1 aromatic carbocycles. The van der Waals surface area contributed by atoms with Gasteiger partial charge in [0.15, 0.2) is 0 Å². The van der Waals surface area contributed by atoms with E-state index in [1.807, 2.05) is 19.1 Å². The van der Waals surface area contributed by atoms with E-state index in [0.29, 0.717) is 37.4 Å². The Bertz CT molecular complexity index is 396. The Balaban J connectivity index is 2.66. The summed E-state index contributed by atoms with van der Waals surface area (Å²) in [4.78, 5) is 13.7. The number of carbonyl (C=O) groups is 1. The van der Waals surface area contributed by atoms with Crippen LogP contribution in [-0.2, 0) is 9.53 Å². The Morgan fingerprint density at radius 3 is 2.79 bits per heavy atom. The molecule has 0 bridgehead atoms. The van der Waals surface area contributed by atoms with Gasteiger partial charge < -0.3 is 20.5 Å². The van der Waals surface area contributed by atoms with E-state index < -0.39 is 0 Å². The van der Waals surface area contributed by atoms with Gasteiger partial charge in [-0.2, -0.15) is 0 Å². The summed E-state index contributed by atoms with van der Waals surface area (Å²) in [5.74, 6) is -0.0494. The second-order valence-electron chi connectivity index (χ2n) is 4.13. The van der Waals surface area contributed by atoms with Crippen LogP contribution in [0.2, 0.25) is 0 Å². The van der Waals surface area contributed by atoms with Gasteiger partial charge in [0.05, 0.1) is 18.0 Å². The minimum absolute atomic E-state index is 0.0494. The van der Waals surface area contributed by atoms with E-state index in [4.69, 9.17) is 15.6 Å². The number of para-hydroxylation sites is 2. The summed E-state index contributed by atoms with van der Waals surface area (Å²) in [6, 6.07) is 7.16. The maximum atomic E-state index is 12.2. The molecule has 19 heavy (non-hydrogen) atoms. The summed E-state index contributed by atoms with van der Waals surface area (Å²) in [5.41, 5.74) is 7.05. The molecule has 0 heterocycles. The molecule has 3 N–H and O–H groups in total. The number of aliphatic hydroxyl groups excluding tert-OH is 1. The van der Waals surface area contributed by atoms with E-state index in [0.717, 1.165) is 0 Å². The van der Waals surface area contributed by atoms with Crippen molar-refractivity contribution in [3.05, 3.63) is 24.3 Å². The highest BCUT2D eigenvalue weighted by Gasteiger charge is 2.16. The van der Waals surface area contributed by atoms with E-state index in [9.17, 15) is 4.79 Å². The number of carbonyl (C=O) groups excluding carboxylic acids is 1. The first-order valence-corrected chi connectivity index (χ1v) is 6.54. The molecule has 0 fully saturated rings. The summed E-state index contributed by atoms with van der Waals surface area (Å²) >= 11 is 0. The zero-order valence-electron chi connectivity index (χ0n) is 11.3. The molecule has 0 spiro atoms. The third kappa shape index (κ3) is 4.89. The first-order valence-electron chi connectivity index (χ1n) is 6.54. The maximum absolute atomic E-state index is 12.2. The molecule has 0 aliphatic heterocycles. The second kappa shape index (κ2) is 8.50. The van der Waals surface area contributed by atoms with Crippen molar-refractivity contribution in [3.63, 3.8) is 0 Å². The first kappa shape index (κ1) is 15.5. The van der Waals surface area contributed by atoms with Crippen molar-refractivity contribution in [3.8, 4) is 0 Å². The van der Waals surface area contributed by atoms with Crippen LogP contribution in [0.1, 0.15) is 19.8 Å². The molecule has 1 aromatic rings. The number of hydrogen-bond donors (Lipinski definition) is 2. The van der Waals surface area contributed by atoms with Crippen molar-refractivity contribution in [2.75, 3.05) is 37.0 Å². The number of ether oxygens (including phenoxy) is 1. The largest absolute Gasteiger partial charge is 0.397 e. The Morgan fingerprint density at radius 1 is 1.42 bits per heavy atom. The van der Waals surface area contributed by atoms with E-state index in [1.165, 1.54) is 4.90 Å². The van der Waals surface area contributed by atoms with Gasteiger partial charge >= 0.3 is 0 Å². The van der Waals surface area contributed by atoms with Crippen molar-refractivity contribution in [1.82, 2.24) is 0 Å². The molecule has 5 heteroatoms. The quantitative estimate of drug-likeness (QED) is 0.551. The van der Waals surface area contributed by atoms with Crippen molar-refractivity contribution in [2.45, 2.75) is 19.8 Å². The average molecular weight is 266 g/mol. The SMILES string of the molecule is CCOCCCC(=O)N(CCO)c1ccccc1N. The maximum Gasteiger partial charge on any atom is 0.227 e. The van der Waals surface area contributed by atoms with E-state index in [-0.39, 0.29) is 19.1 Å². The van der Waals surface area contributed by atoms with Crippen LogP contribution >= 0.6 is 0 Å². The standard InChI is InChI=1S/C14H22N2O3/c1-2-19-11-5-8-14(18)16(9-10-17)13-7-4-3-6-12(13)15/h3-4,6-7,17H,2,5,8-11,15H2,1H3. The Kier molecular flexibility index (Phi) is 6.92. The highest BCUT2D eigenvalue weighted by Crippen LogP contribution is 2.23. The minimum atomic E-state index is -0.0917. The van der Waals surface area contributed by atoms with E-state index in [2.05, 4.69) is 0 Å². The predicted molar refractivity (Wildman–Crippen MR) is 76.0 cm³/mol. The molecule has 0 saturated heterocycles. The van der Waals surface area contributed by atoms with Crippen LogP contribution in [-0.4, -0.2) is 37.4 Å². The molecule has 0 saturated carbocycles. The van der Waals surface area contributed by atoms with Crippen molar-refractivity contribution in [1.29, 1.82) is 0 Å². The van der Waals surface area contributed by atoms with Crippen molar-refractivity contribution >= 4 is 17.3 Å². The molecular formula is C14H22N2O3. The summed E-state index contributed by atoms with van der Waals surface area (Å²) in [7, 11) is 0. The van der Waals surface area contributed by atoms with Gasteiger partial charge in [-0.15, -0.1) is 0 Å². The fraction of sp³-hybridized carbons (Fsp3) is 0.500. The normalized spacial score (nSPS) is 10.4. The lowest BCUT2D eigenvalue weighted by atomic mass is 10.2. The number of anilines is 2. The lowest BCUT2D eigenvalue weighted by Crippen LogP contribution is -2.34. The molecule has 0 radical (unpaired) electrons. The topological polar surface area (TPSA) is 75.8 Å². The summed E-state index contributed by atoms with van der Waals surface area (Å²) in [5, 5.41) is 9.09. The van der Waals surface area contributed by atoms with Gasteiger partial charge in [-0.25, -0.2) is 0 Å². The molecule has 0 atom stereocenters. The molecular weight excluding hydrogens is 244 g/mol. The number of benzene rings is 1. The molecule has 0 aliphatic carbocycles. The van der Waals surface area contributed by atoms with Crippen LogP contribution < -0.4 is 10.6 Å². The summed E-state index contributed by atoms with van der Waals surface area (Å²) in [6.07, 6.45) is 1.05. The monoisotopic (exact) mass is 266 g/mol. The zero-order valence-corrected chi connectivity index (χ0v) is 11.3. The fourth-order valence-electron chi connectivity index (χ4n) is 1.82. The van der Waals surface area contributed by atoms with Crippen LogP contribution in [0.5, 0.6) is 0 Å². The van der Waals surface area contributed by atoms with Crippen LogP contribution in [0.25, 0.3) is 0 Å². The molecule has 1 rings (SSSR count). The van der Waals surface area contributed by atoms with Crippen LogP contribution in [0.4, 0.5) is 11.4 Å². The molecule has 0 aliphatic rings. The second-order valence-corrected chi connectivity index (χ2v) is 4.13. The van der Waals surface area contributed by atoms with Gasteiger partial charge in [0.2, 0.25) is 5.91 Å². The highest BCUT2D eigenvalue weighted by atomic mass is 16.5. The smallest absolute Gasteiger partial charge is 0.227 e. The number of aliphatic hydroxyl groups is 1. The van der Waals surface area contributed by atoms with E-state index in [1.54, 1.807) is 12.1 Å². The van der Waals surface area contributed by atoms with Crippen molar-refractivity contribution in [2.24, 2.45) is 0 Å². The number of hydrogen-bond acceptors (Lipinski definition) is 4. The van der Waals surface area contributed by atoms with Gasteiger partial charge in [-0.1, -0.05) is 12.1 Å². The summed E-state index contributed by atoms with van der Waals surface area (Å²) < 4.78 is 5.21. The molecule has 1 amide bonds. The van der Waals surface area contributed by atoms with Gasteiger partial charge in [0.1, 0.15) is 0 Å². The van der Waals surface area contributed by atoms with E-state index >= 15 is 0 Å². The third-order valence-corrected chi connectivity index (χ3v) is 2.74. The molecule has 0 aromatic heterocycles. The van der Waals surface area contributed by atoms with Crippen LogP contribution in [0.3, 0.4) is 0 Å². The number of rotatable bonds is 8. The lowest BCUT2D eigenvalue weighted by Gasteiger charge is -2.23. The van der Waals surface area contributed by atoms with Crippen LogP contribution in [0.15, 0.2) is 24.3 Å². The average Bonchev–Trinajstić information content (AvgIpc) is 2.42. The molecule has 0 unspecified atom stereocenters. The summed E-state index contributed by atoms with van der Waals surface area (Å²) in [6.45, 7) is 3.30. The number of nitrogens with two attached hydrogens (primary N) is 1. The third-order valence-electron chi connectivity index (χ3n) is 2.74. The van der Waals surface area contributed by atoms with Gasteiger partial charge in [-0.05, 0) is 25.5 Å². The lowest BCUT2D eigenvalue weighted by molar-refractivity contribution is -0.119. The minimum Gasteiger partial charge on any atom is -0.397 e. The highest BCUT2D eigenvalue weighted by molar-refractivity contribution is 5.96.